The van der Waals surface area contributed by atoms with Crippen molar-refractivity contribution in [3.8, 4) is 0 Å². The molecule has 1 heterocycles. The highest BCUT2D eigenvalue weighted by Gasteiger charge is 2.32. The van der Waals surface area contributed by atoms with Gasteiger partial charge in [0.1, 0.15) is 0 Å². The summed E-state index contributed by atoms with van der Waals surface area (Å²) in [5, 5.41) is 24.1. The first kappa shape index (κ1) is 29.2. The third kappa shape index (κ3) is 8.05. The number of nitrogens with one attached hydrogen (secondary N) is 1. The van der Waals surface area contributed by atoms with E-state index in [9.17, 15) is 23.4 Å². The van der Waals surface area contributed by atoms with Crippen molar-refractivity contribution in [1.82, 2.24) is 14.6 Å². The summed E-state index contributed by atoms with van der Waals surface area (Å²) in [6.07, 6.45) is -0.509. The number of carbonyl (C=O) groups is 1. The summed E-state index contributed by atoms with van der Waals surface area (Å²) in [6, 6.07) is 13.5. The average Bonchev–Trinajstić information content (AvgIpc) is 3.36. The van der Waals surface area contributed by atoms with Crippen molar-refractivity contribution < 1.29 is 23.4 Å². The van der Waals surface area contributed by atoms with E-state index in [1.807, 2.05) is 44.2 Å². The summed E-state index contributed by atoms with van der Waals surface area (Å²) in [5.41, 5.74) is 3.31. The first-order valence-corrected chi connectivity index (χ1v) is 15.0. The predicted octanol–water partition coefficient (Wildman–Crippen LogP) is 3.58. The van der Waals surface area contributed by atoms with Crippen LogP contribution in [0.15, 0.2) is 58.9 Å². The summed E-state index contributed by atoms with van der Waals surface area (Å²) in [6.45, 7) is 5.80. The Hall–Kier alpha value is -2.37. The second-order valence-electron chi connectivity index (χ2n) is 9.51. The van der Waals surface area contributed by atoms with Gasteiger partial charge in [0, 0.05) is 13.1 Å². The number of nitrogens with zero attached hydrogens (tertiary/aromatic N) is 2. The van der Waals surface area contributed by atoms with Crippen LogP contribution in [0.4, 0.5) is 0 Å². The molecule has 0 saturated heterocycles. The number of aliphatic hydroxyl groups excluding tert-OH is 2. The lowest BCUT2D eigenvalue weighted by molar-refractivity contribution is -0.124. The van der Waals surface area contributed by atoms with Gasteiger partial charge in [0.25, 0.3) is 0 Å². The maximum Gasteiger partial charge on any atom is 0.243 e. The number of aliphatic hydroxyl groups is 2. The molecule has 2 aromatic carbocycles. The molecule has 0 aliphatic carbocycles. The smallest absolute Gasteiger partial charge is 0.243 e. The number of amides is 1. The Morgan fingerprint density at radius 1 is 1.08 bits per heavy atom. The topological polar surface area (TPSA) is 120 Å². The van der Waals surface area contributed by atoms with Gasteiger partial charge in [0.2, 0.25) is 15.9 Å². The third-order valence-electron chi connectivity index (χ3n) is 6.54. The third-order valence-corrected chi connectivity index (χ3v) is 9.16. The maximum atomic E-state index is 13.8. The van der Waals surface area contributed by atoms with Gasteiger partial charge in [-0.3, -0.25) is 4.79 Å². The molecular formula is C27H37N3O5S2. The minimum atomic E-state index is -3.93. The van der Waals surface area contributed by atoms with Crippen molar-refractivity contribution in [2.75, 3.05) is 13.1 Å². The molecule has 1 aromatic heterocycles. The van der Waals surface area contributed by atoms with Crippen LogP contribution in [-0.2, 0) is 21.2 Å². The zero-order valence-corrected chi connectivity index (χ0v) is 23.2. The highest BCUT2D eigenvalue weighted by Crippen LogP contribution is 2.25. The molecule has 0 spiro atoms. The van der Waals surface area contributed by atoms with Crippen LogP contribution in [0.2, 0.25) is 0 Å². The van der Waals surface area contributed by atoms with Gasteiger partial charge in [0.05, 0.1) is 45.3 Å². The van der Waals surface area contributed by atoms with Crippen molar-refractivity contribution in [3.63, 3.8) is 0 Å². The molecule has 3 rings (SSSR count). The molecule has 0 bridgehead atoms. The number of carbonyl (C=O) groups excluding carboxylic acids is 1. The molecule has 4 atom stereocenters. The fourth-order valence-electron chi connectivity index (χ4n) is 4.00. The minimum absolute atomic E-state index is 0.0657. The Bertz CT molecular complexity index is 1250. The van der Waals surface area contributed by atoms with Crippen LogP contribution in [0.5, 0.6) is 0 Å². The Labute approximate surface area is 223 Å². The molecule has 3 aromatic rings. The Balaban J connectivity index is 1.88. The van der Waals surface area contributed by atoms with Crippen molar-refractivity contribution in [2.45, 2.75) is 69.6 Å². The van der Waals surface area contributed by atoms with Crippen LogP contribution in [-0.4, -0.2) is 65.2 Å². The zero-order valence-electron chi connectivity index (χ0n) is 21.6. The maximum absolute atomic E-state index is 13.8. The van der Waals surface area contributed by atoms with Gasteiger partial charge >= 0.3 is 0 Å². The van der Waals surface area contributed by atoms with Crippen LogP contribution in [0.1, 0.15) is 45.6 Å². The van der Waals surface area contributed by atoms with E-state index >= 15 is 0 Å². The molecule has 0 aliphatic rings. The van der Waals surface area contributed by atoms with Crippen LogP contribution < -0.4 is 5.32 Å². The highest BCUT2D eigenvalue weighted by atomic mass is 32.2. The van der Waals surface area contributed by atoms with Crippen LogP contribution >= 0.6 is 11.3 Å². The van der Waals surface area contributed by atoms with E-state index in [-0.39, 0.29) is 36.2 Å². The van der Waals surface area contributed by atoms with Crippen molar-refractivity contribution >= 4 is 37.5 Å². The molecule has 10 heteroatoms. The second kappa shape index (κ2) is 13.4. The monoisotopic (exact) mass is 547 g/mol. The second-order valence-corrected chi connectivity index (χ2v) is 12.3. The van der Waals surface area contributed by atoms with Crippen molar-refractivity contribution in [3.05, 3.63) is 59.6 Å². The average molecular weight is 548 g/mol. The summed E-state index contributed by atoms with van der Waals surface area (Å²) in [7, 11) is -3.93. The van der Waals surface area contributed by atoms with E-state index < -0.39 is 28.3 Å². The van der Waals surface area contributed by atoms with Gasteiger partial charge in [-0.2, -0.15) is 4.31 Å². The molecule has 0 radical (unpaired) electrons. The van der Waals surface area contributed by atoms with Crippen molar-refractivity contribution in [1.29, 1.82) is 0 Å². The van der Waals surface area contributed by atoms with Gasteiger partial charge in [-0.15, -0.1) is 11.3 Å². The predicted molar refractivity (Wildman–Crippen MR) is 147 cm³/mol. The number of hydrogen-bond donors (Lipinski definition) is 3. The van der Waals surface area contributed by atoms with Crippen LogP contribution in [0.3, 0.4) is 0 Å². The van der Waals surface area contributed by atoms with Crippen molar-refractivity contribution in [2.24, 2.45) is 5.92 Å². The van der Waals surface area contributed by atoms with E-state index in [4.69, 9.17) is 0 Å². The molecular weight excluding hydrogens is 510 g/mol. The van der Waals surface area contributed by atoms with E-state index in [0.717, 1.165) is 22.2 Å². The fraction of sp³-hybridized carbons (Fsp3) is 0.481. The SMILES string of the molecule is CC[C@H](C)CN(C[C@@H](O)[C@H](Cc1ccccc1)NC(=O)C[C@H](O)CC)S(=O)(=O)c1ccc2ncsc2c1. The molecule has 0 unspecified atom stereocenters. The normalized spacial score (nSPS) is 15.4. The molecule has 0 aliphatic heterocycles. The summed E-state index contributed by atoms with van der Waals surface area (Å²) in [5.74, 6) is -0.322. The molecule has 37 heavy (non-hydrogen) atoms. The van der Waals surface area contributed by atoms with E-state index in [2.05, 4.69) is 10.3 Å². The largest absolute Gasteiger partial charge is 0.393 e. The Morgan fingerprint density at radius 3 is 2.49 bits per heavy atom. The molecule has 202 valence electrons. The minimum Gasteiger partial charge on any atom is -0.393 e. The number of fused-ring (bicyclic) bond motifs is 1. The first-order chi connectivity index (χ1) is 17.6. The lowest BCUT2D eigenvalue weighted by Crippen LogP contribution is -2.51. The Morgan fingerprint density at radius 2 is 1.81 bits per heavy atom. The highest BCUT2D eigenvalue weighted by molar-refractivity contribution is 7.89. The first-order valence-electron chi connectivity index (χ1n) is 12.7. The van der Waals surface area contributed by atoms with E-state index in [1.165, 1.54) is 15.6 Å². The molecule has 8 nitrogen and oxygen atoms in total. The van der Waals surface area contributed by atoms with Crippen LogP contribution in [0, 0.1) is 5.92 Å². The van der Waals surface area contributed by atoms with Gasteiger partial charge in [0.15, 0.2) is 0 Å². The number of rotatable bonds is 14. The van der Waals surface area contributed by atoms with Crippen LogP contribution in [0.25, 0.3) is 10.2 Å². The number of sulfonamides is 1. The zero-order chi connectivity index (χ0) is 27.0. The summed E-state index contributed by atoms with van der Waals surface area (Å²) >= 11 is 1.37. The van der Waals surface area contributed by atoms with Gasteiger partial charge in [-0.25, -0.2) is 13.4 Å². The fourth-order valence-corrected chi connectivity index (χ4v) is 6.40. The molecule has 1 amide bonds. The molecule has 3 N–H and O–H groups in total. The molecule has 0 fully saturated rings. The summed E-state index contributed by atoms with van der Waals surface area (Å²) in [4.78, 5) is 17.0. The molecule has 0 saturated carbocycles. The quantitative estimate of drug-likeness (QED) is 0.284. The number of aromatic nitrogens is 1. The standard InChI is InChI=1S/C27H37N3O5S2/c1-4-19(3)16-30(37(34,35)22-11-12-23-26(15-22)36-18-28-23)17-25(32)24(13-20-9-7-6-8-10-20)29-27(33)14-21(31)5-2/h6-12,15,18-19,21,24-25,31-32H,4-5,13-14,16-17H2,1-3H3,(H,29,33)/t19-,21+,24-,25+/m0/s1. The van der Waals surface area contributed by atoms with Gasteiger partial charge in [-0.05, 0) is 42.5 Å². The number of thiazole rings is 1. The summed E-state index contributed by atoms with van der Waals surface area (Å²) < 4.78 is 29.6. The number of benzene rings is 2. The van der Waals surface area contributed by atoms with Gasteiger partial charge in [-0.1, -0.05) is 57.5 Å². The Kier molecular flexibility index (Phi) is 10.6. The number of hydrogen-bond acceptors (Lipinski definition) is 7. The van der Waals surface area contributed by atoms with Gasteiger partial charge < -0.3 is 15.5 Å². The van der Waals surface area contributed by atoms with E-state index in [1.54, 1.807) is 30.6 Å². The lowest BCUT2D eigenvalue weighted by atomic mass is 10.00. The lowest BCUT2D eigenvalue weighted by Gasteiger charge is -2.31. The van der Waals surface area contributed by atoms with E-state index in [0.29, 0.717) is 12.8 Å².